The first-order valence-corrected chi connectivity index (χ1v) is 11.7. The Labute approximate surface area is 157 Å². The molecule has 6 nitrogen and oxygen atoms in total. The first-order valence-electron chi connectivity index (χ1n) is 8.03. The van der Waals surface area contributed by atoms with Crippen LogP contribution < -0.4 is 0 Å². The molecule has 1 N–H and O–H groups in total. The number of halogens is 1. The first kappa shape index (κ1) is 21.8. The number of allylic oxidation sites excluding steroid dienone is 1. The molecule has 0 bridgehead atoms. The predicted molar refractivity (Wildman–Crippen MR) is 102 cm³/mol. The molecule has 0 fully saturated rings. The summed E-state index contributed by atoms with van der Waals surface area (Å²) in [7, 11) is -2.04. The first-order chi connectivity index (χ1) is 11.3. The van der Waals surface area contributed by atoms with Crippen LogP contribution in [0.15, 0.2) is 21.2 Å². The molecular formula is C17H26BrNO5Si. The molecule has 1 rings (SSSR count). The Balaban J connectivity index is 2.82. The molecule has 0 saturated carbocycles. The van der Waals surface area contributed by atoms with E-state index in [-0.39, 0.29) is 41.4 Å². The van der Waals surface area contributed by atoms with Crippen LogP contribution in [0.2, 0.25) is 18.1 Å². The van der Waals surface area contributed by atoms with Crippen molar-refractivity contribution in [1.29, 1.82) is 0 Å². The number of carboxylic acids is 1. The number of hydrogen-bond donors (Lipinski definition) is 1. The maximum Gasteiger partial charge on any atom is 0.357 e. The summed E-state index contributed by atoms with van der Waals surface area (Å²) < 4.78 is 12.3. The van der Waals surface area contributed by atoms with Gasteiger partial charge in [-0.1, -0.05) is 36.7 Å². The van der Waals surface area contributed by atoms with Gasteiger partial charge in [0.25, 0.3) is 0 Å². The number of aromatic nitrogens is 1. The van der Waals surface area contributed by atoms with Crippen molar-refractivity contribution < 1.29 is 23.5 Å². The lowest BCUT2D eigenvalue weighted by atomic mass is 10.1. The van der Waals surface area contributed by atoms with Crippen molar-refractivity contribution in [2.45, 2.75) is 64.8 Å². The highest BCUT2D eigenvalue weighted by Gasteiger charge is 2.39. The fraction of sp³-hybridized carbons (Fsp3) is 0.588. The zero-order chi connectivity index (χ0) is 19.4. The summed E-state index contributed by atoms with van der Waals surface area (Å²) in [5, 5.41) is 8.87. The molecule has 140 valence electrons. The molecule has 1 aromatic rings. The van der Waals surface area contributed by atoms with Crippen LogP contribution in [0.1, 0.15) is 50.5 Å². The Morgan fingerprint density at radius 3 is 2.48 bits per heavy atom. The van der Waals surface area contributed by atoms with Crippen LogP contribution in [0.3, 0.4) is 0 Å². The van der Waals surface area contributed by atoms with E-state index in [2.05, 4.69) is 54.8 Å². The monoisotopic (exact) mass is 431 g/mol. The van der Waals surface area contributed by atoms with Crippen LogP contribution >= 0.6 is 15.9 Å². The second-order valence-corrected chi connectivity index (χ2v) is 13.5. The van der Waals surface area contributed by atoms with Gasteiger partial charge in [-0.3, -0.25) is 4.79 Å². The van der Waals surface area contributed by atoms with E-state index in [0.29, 0.717) is 0 Å². The van der Waals surface area contributed by atoms with E-state index in [1.165, 1.54) is 0 Å². The second-order valence-electron chi connectivity index (χ2n) is 7.52. The van der Waals surface area contributed by atoms with E-state index in [1.54, 1.807) is 0 Å². The average molecular weight is 432 g/mol. The highest BCUT2D eigenvalue weighted by molar-refractivity contribution is 9.11. The second kappa shape index (κ2) is 8.42. The molecule has 0 spiro atoms. The van der Waals surface area contributed by atoms with Crippen LogP contribution in [0.25, 0.3) is 0 Å². The molecule has 0 amide bonds. The topological polar surface area (TPSA) is 89.6 Å². The van der Waals surface area contributed by atoms with Crippen LogP contribution in [-0.2, 0) is 15.6 Å². The maximum atomic E-state index is 12.4. The lowest BCUT2D eigenvalue weighted by Gasteiger charge is -2.38. The van der Waals surface area contributed by atoms with E-state index < -0.39 is 14.3 Å². The van der Waals surface area contributed by atoms with Crippen LogP contribution in [0.4, 0.5) is 0 Å². The minimum atomic E-state index is -2.04. The lowest BCUT2D eigenvalue weighted by molar-refractivity contribution is -0.119. The number of rotatable bonds is 8. The Morgan fingerprint density at radius 1 is 1.44 bits per heavy atom. The molecule has 0 aromatic carbocycles. The highest BCUT2D eigenvalue weighted by atomic mass is 79.9. The normalized spacial score (nSPS) is 14.4. The Bertz CT molecular complexity index is 656. The summed E-state index contributed by atoms with van der Waals surface area (Å²) in [6, 6.07) is 0. The smallest absolute Gasteiger partial charge is 0.357 e. The highest BCUT2D eigenvalue weighted by Crippen LogP contribution is 2.38. The van der Waals surface area contributed by atoms with Gasteiger partial charge in [-0.15, -0.1) is 0 Å². The number of nitrogens with zero attached hydrogens (tertiary/aromatic N) is 1. The predicted octanol–water partition coefficient (Wildman–Crippen LogP) is 4.56. The van der Waals surface area contributed by atoms with Crippen molar-refractivity contribution in [3.05, 3.63) is 28.4 Å². The summed E-state index contributed by atoms with van der Waals surface area (Å²) in [5.74, 6) is -1.19. The Hall–Kier alpha value is -1.25. The number of carbonyl (C=O) groups is 2. The van der Waals surface area contributed by atoms with E-state index in [1.807, 2.05) is 13.0 Å². The molecule has 0 unspecified atom stereocenters. The molecule has 0 aliphatic carbocycles. The summed E-state index contributed by atoms with van der Waals surface area (Å²) in [5.41, 5.74) is -0.201. The number of aromatic carboxylic acids is 1. The van der Waals surface area contributed by atoms with Gasteiger partial charge in [-0.2, -0.15) is 0 Å². The third kappa shape index (κ3) is 6.87. The summed E-state index contributed by atoms with van der Waals surface area (Å²) in [6.45, 7) is 12.6. The lowest BCUT2D eigenvalue weighted by Crippen LogP contribution is -2.44. The van der Waals surface area contributed by atoms with E-state index >= 15 is 0 Å². The van der Waals surface area contributed by atoms with Crippen LogP contribution in [-0.4, -0.2) is 36.3 Å². The molecule has 1 heterocycles. The summed E-state index contributed by atoms with van der Waals surface area (Å²) in [4.78, 5) is 27.0. The standard InChI is InChI=1S/C17H26BrNO5Si/c1-11(18)7-13(24-25(5,6)17(2,3)4)8-12(20)9-15-19-14(10-23-15)16(21)22/h7,10,13H,8-9H2,1-6H3,(H,21,22)/b11-7+/t13-/m1/s1. The van der Waals surface area contributed by atoms with Gasteiger partial charge in [0.1, 0.15) is 12.0 Å². The molecule has 0 aliphatic rings. The van der Waals surface area contributed by atoms with Crippen LogP contribution in [0, 0.1) is 0 Å². The number of carboxylic acid groups (broad SMARTS) is 1. The van der Waals surface area contributed by atoms with Crippen molar-refractivity contribution >= 4 is 36.0 Å². The van der Waals surface area contributed by atoms with Crippen molar-refractivity contribution in [3.63, 3.8) is 0 Å². The molecule has 1 aromatic heterocycles. The van der Waals surface area contributed by atoms with Crippen molar-refractivity contribution in [1.82, 2.24) is 4.98 Å². The van der Waals surface area contributed by atoms with Gasteiger partial charge in [0, 0.05) is 6.42 Å². The number of ketones is 1. The quantitative estimate of drug-likeness (QED) is 0.606. The number of oxazole rings is 1. The maximum absolute atomic E-state index is 12.4. The molecule has 8 heteroatoms. The van der Waals surface area contributed by atoms with Gasteiger partial charge in [-0.25, -0.2) is 9.78 Å². The van der Waals surface area contributed by atoms with Crippen molar-refractivity contribution in [2.75, 3.05) is 0 Å². The number of carbonyl (C=O) groups excluding carboxylic acids is 1. The Morgan fingerprint density at radius 2 is 2.04 bits per heavy atom. The molecule has 0 aliphatic heterocycles. The molecular weight excluding hydrogens is 406 g/mol. The minimum Gasteiger partial charge on any atom is -0.476 e. The van der Waals surface area contributed by atoms with Crippen LogP contribution in [0.5, 0.6) is 0 Å². The molecule has 0 saturated heterocycles. The zero-order valence-corrected chi connectivity index (χ0v) is 18.1. The zero-order valence-electron chi connectivity index (χ0n) is 15.6. The van der Waals surface area contributed by atoms with Gasteiger partial charge in [0.05, 0.1) is 12.5 Å². The third-order valence-corrected chi connectivity index (χ3v) is 8.98. The van der Waals surface area contributed by atoms with Gasteiger partial charge in [-0.05, 0) is 35.6 Å². The average Bonchev–Trinajstić information content (AvgIpc) is 2.84. The molecule has 25 heavy (non-hydrogen) atoms. The summed E-state index contributed by atoms with van der Waals surface area (Å²) in [6.07, 6.45) is 2.70. The van der Waals surface area contributed by atoms with Gasteiger partial charge >= 0.3 is 5.97 Å². The number of hydrogen-bond acceptors (Lipinski definition) is 5. The largest absolute Gasteiger partial charge is 0.476 e. The fourth-order valence-electron chi connectivity index (χ4n) is 1.90. The van der Waals surface area contributed by atoms with E-state index in [4.69, 9.17) is 13.9 Å². The SMILES string of the molecule is C/C(Br)=C\[C@H](CC(=O)Cc1nc(C(=O)O)co1)O[Si](C)(C)C(C)(C)C. The fourth-order valence-corrected chi connectivity index (χ4v) is 3.46. The number of Topliss-reactive ketones (excluding diaryl/α,β-unsaturated/α-hetero) is 1. The van der Waals surface area contributed by atoms with E-state index in [9.17, 15) is 9.59 Å². The van der Waals surface area contributed by atoms with Gasteiger partial charge in [0.15, 0.2) is 14.0 Å². The van der Waals surface area contributed by atoms with Gasteiger partial charge in [0.2, 0.25) is 5.89 Å². The Kier molecular flexibility index (Phi) is 7.34. The summed E-state index contributed by atoms with van der Waals surface area (Å²) >= 11 is 3.40. The van der Waals surface area contributed by atoms with Gasteiger partial charge < -0.3 is 13.9 Å². The van der Waals surface area contributed by atoms with Crippen molar-refractivity contribution in [3.8, 4) is 0 Å². The van der Waals surface area contributed by atoms with Crippen molar-refractivity contribution in [2.24, 2.45) is 0 Å². The van der Waals surface area contributed by atoms with E-state index in [0.717, 1.165) is 10.7 Å². The third-order valence-electron chi connectivity index (χ3n) is 4.22. The molecule has 1 atom stereocenters. The molecule has 0 radical (unpaired) electrons. The minimum absolute atomic E-state index is 0.0291.